The van der Waals surface area contributed by atoms with Gasteiger partial charge in [-0.1, -0.05) is 31.0 Å². The second kappa shape index (κ2) is 5.16. The molecular formula is C18H22N+. The number of aryl methyl sites for hydroxylation is 2. The predicted molar refractivity (Wildman–Crippen MR) is 79.0 cm³/mol. The molecule has 0 radical (unpaired) electrons. The third-order valence-corrected chi connectivity index (χ3v) is 4.17. The van der Waals surface area contributed by atoms with Crippen LogP contribution in [0.1, 0.15) is 44.1 Å². The van der Waals surface area contributed by atoms with Crippen molar-refractivity contribution in [3.63, 3.8) is 0 Å². The minimum Gasteiger partial charge on any atom is -0.201 e. The van der Waals surface area contributed by atoms with Crippen molar-refractivity contribution in [2.24, 2.45) is 7.05 Å². The van der Waals surface area contributed by atoms with Crippen molar-refractivity contribution in [1.29, 1.82) is 0 Å². The summed E-state index contributed by atoms with van der Waals surface area (Å²) in [7, 11) is 2.09. The van der Waals surface area contributed by atoms with Crippen LogP contribution in [-0.2, 0) is 7.05 Å². The molecule has 0 atom stereocenters. The Morgan fingerprint density at radius 2 is 1.84 bits per heavy atom. The van der Waals surface area contributed by atoms with Gasteiger partial charge in [0.05, 0.1) is 0 Å². The third-order valence-electron chi connectivity index (χ3n) is 4.17. The molecule has 0 amide bonds. The zero-order chi connectivity index (χ0) is 14.2. The lowest BCUT2D eigenvalue weighted by Gasteiger charge is -2.14. The second-order valence-corrected chi connectivity index (χ2v) is 5.51. The van der Waals surface area contributed by atoms with Gasteiger partial charge in [-0.25, -0.2) is 4.57 Å². The van der Waals surface area contributed by atoms with Gasteiger partial charge in [0, 0.05) is 18.6 Å². The van der Waals surface area contributed by atoms with Gasteiger partial charge in [-0.05, 0) is 43.4 Å². The number of aromatic nitrogens is 1. The molecule has 1 aliphatic carbocycles. The van der Waals surface area contributed by atoms with Crippen LogP contribution in [0, 0.1) is 6.92 Å². The van der Waals surface area contributed by atoms with Gasteiger partial charge in [-0.2, -0.15) is 0 Å². The van der Waals surface area contributed by atoms with Crippen molar-refractivity contribution >= 4 is 0 Å². The third kappa shape index (κ3) is 2.30. The molecule has 1 fully saturated rings. The highest BCUT2D eigenvalue weighted by molar-refractivity contribution is 5.64. The highest BCUT2D eigenvalue weighted by Gasteiger charge is 2.26. The van der Waals surface area contributed by atoms with Crippen LogP contribution in [0.25, 0.3) is 11.3 Å². The Hall–Kier alpha value is -1.63. The zero-order valence-corrected chi connectivity index (χ0v) is 11.8. The summed E-state index contributed by atoms with van der Waals surface area (Å²) < 4.78 is 11.0. The summed E-state index contributed by atoms with van der Waals surface area (Å²) in [5.41, 5.74) is 4.93. The number of hydrogen-bond acceptors (Lipinski definition) is 0. The van der Waals surface area contributed by atoms with E-state index in [0.29, 0.717) is 0 Å². The molecule has 2 aromatic rings. The van der Waals surface area contributed by atoms with Gasteiger partial charge in [-0.3, -0.25) is 0 Å². The number of benzene rings is 1. The molecule has 1 saturated carbocycles. The van der Waals surface area contributed by atoms with E-state index in [4.69, 9.17) is 1.37 Å². The van der Waals surface area contributed by atoms with Crippen molar-refractivity contribution in [2.45, 2.75) is 38.5 Å². The van der Waals surface area contributed by atoms with Crippen LogP contribution in [-0.4, -0.2) is 0 Å². The van der Waals surface area contributed by atoms with Crippen molar-refractivity contribution in [2.75, 3.05) is 0 Å². The highest BCUT2D eigenvalue weighted by Crippen LogP contribution is 2.38. The van der Waals surface area contributed by atoms with Crippen LogP contribution in [0.5, 0.6) is 0 Å². The number of hydrogen-bond donors (Lipinski definition) is 0. The fraction of sp³-hybridized carbons (Fsp3) is 0.389. The van der Waals surface area contributed by atoms with Gasteiger partial charge >= 0.3 is 0 Å². The van der Waals surface area contributed by atoms with Gasteiger partial charge in [0.2, 0.25) is 5.69 Å². The molecule has 98 valence electrons. The maximum Gasteiger partial charge on any atom is 0.216 e. The first-order valence-electron chi connectivity index (χ1n) is 7.67. The van der Waals surface area contributed by atoms with Crippen LogP contribution in [0.4, 0.5) is 0 Å². The van der Waals surface area contributed by atoms with Gasteiger partial charge in [0.1, 0.15) is 7.05 Å². The van der Waals surface area contributed by atoms with Crippen LogP contribution in [0.15, 0.2) is 42.6 Å². The van der Waals surface area contributed by atoms with Crippen molar-refractivity contribution < 1.29 is 5.94 Å². The molecule has 1 aliphatic rings. The Balaban J connectivity index is 2.23. The predicted octanol–water partition coefficient (Wildman–Crippen LogP) is 4.14. The summed E-state index contributed by atoms with van der Waals surface area (Å²) in [5, 5.41) is 0. The van der Waals surface area contributed by atoms with Gasteiger partial charge in [0.25, 0.3) is 0 Å². The van der Waals surface area contributed by atoms with E-state index in [9.17, 15) is 0 Å². The Kier molecular flexibility index (Phi) is 3.05. The van der Waals surface area contributed by atoms with E-state index in [1.165, 1.54) is 35.2 Å². The normalized spacial score (nSPS) is 18.3. The Morgan fingerprint density at radius 3 is 2.58 bits per heavy atom. The first-order valence-corrected chi connectivity index (χ1v) is 7.17. The first kappa shape index (κ1) is 11.2. The van der Waals surface area contributed by atoms with Gasteiger partial charge in [-0.15, -0.1) is 0 Å². The molecule has 0 bridgehead atoms. The molecule has 1 aromatic carbocycles. The van der Waals surface area contributed by atoms with Crippen LogP contribution < -0.4 is 4.57 Å². The average Bonchev–Trinajstić information content (AvgIpc) is 2.88. The molecule has 0 aliphatic heterocycles. The lowest BCUT2D eigenvalue weighted by Crippen LogP contribution is -2.32. The molecule has 1 heterocycles. The van der Waals surface area contributed by atoms with Crippen LogP contribution in [0.3, 0.4) is 0 Å². The summed E-state index contributed by atoms with van der Waals surface area (Å²) in [6, 6.07) is 12.7. The summed E-state index contributed by atoms with van der Waals surface area (Å²) in [4.78, 5) is 0. The highest BCUT2D eigenvalue weighted by atomic mass is 14.9. The number of pyridine rings is 1. The van der Waals surface area contributed by atoms with Crippen LogP contribution >= 0.6 is 0 Å². The molecule has 0 N–H and O–H groups in total. The summed E-state index contributed by atoms with van der Waals surface area (Å²) in [6.07, 6.45) is 6.40. The zero-order valence-electron chi connectivity index (χ0n) is 12.8. The van der Waals surface area contributed by atoms with Crippen molar-refractivity contribution in [1.82, 2.24) is 0 Å². The Bertz CT molecular complexity index is 627. The molecule has 0 spiro atoms. The smallest absolute Gasteiger partial charge is 0.201 e. The van der Waals surface area contributed by atoms with E-state index in [1.807, 2.05) is 0 Å². The molecule has 1 nitrogen and oxygen atoms in total. The largest absolute Gasteiger partial charge is 0.216 e. The standard InChI is InChI=1S/C18H22N/c1-14-8-3-6-11-16(14)18-17(12-7-13-19(18)2)15-9-4-5-10-15/h3,6-8,11-13,15H,4-5,9-10H2,1-2H3/q+1/i15D. The minimum atomic E-state index is -0.406. The van der Waals surface area contributed by atoms with Crippen LogP contribution in [0.2, 0.25) is 0 Å². The quantitative estimate of drug-likeness (QED) is 0.708. The monoisotopic (exact) mass is 253 g/mol. The molecule has 19 heavy (non-hydrogen) atoms. The van der Waals surface area contributed by atoms with E-state index >= 15 is 0 Å². The SMILES string of the molecule is [2H]C1(c2ccc[n+](C)c2-c2ccccc2C)CCCC1. The molecule has 1 heteroatoms. The van der Waals surface area contributed by atoms with Crippen molar-refractivity contribution in [3.8, 4) is 11.3 Å². The van der Waals surface area contributed by atoms with E-state index in [1.54, 1.807) is 0 Å². The minimum absolute atomic E-state index is 0.406. The fourth-order valence-electron chi connectivity index (χ4n) is 3.14. The average molecular weight is 253 g/mol. The first-order chi connectivity index (χ1) is 9.62. The number of rotatable bonds is 2. The van der Waals surface area contributed by atoms with E-state index in [2.05, 4.69) is 61.1 Å². The van der Waals surface area contributed by atoms with Crippen molar-refractivity contribution in [3.05, 3.63) is 53.7 Å². The summed E-state index contributed by atoms with van der Waals surface area (Å²) >= 11 is 0. The second-order valence-electron chi connectivity index (χ2n) is 5.51. The van der Waals surface area contributed by atoms with E-state index in [0.717, 1.165) is 12.8 Å². The fourth-order valence-corrected chi connectivity index (χ4v) is 3.14. The summed E-state index contributed by atoms with van der Waals surface area (Å²) in [6.45, 7) is 2.15. The topological polar surface area (TPSA) is 3.88 Å². The molecular weight excluding hydrogens is 230 g/mol. The van der Waals surface area contributed by atoms with Gasteiger partial charge in [0.15, 0.2) is 6.20 Å². The molecule has 0 saturated heterocycles. The molecule has 1 aromatic heterocycles. The lowest BCUT2D eigenvalue weighted by atomic mass is 9.91. The molecule has 0 unspecified atom stereocenters. The summed E-state index contributed by atoms with van der Waals surface area (Å²) in [5.74, 6) is -0.406. The molecule has 3 rings (SSSR count). The number of nitrogens with zero attached hydrogens (tertiary/aromatic N) is 1. The Labute approximate surface area is 117 Å². The van der Waals surface area contributed by atoms with E-state index < -0.39 is 5.89 Å². The van der Waals surface area contributed by atoms with Gasteiger partial charge < -0.3 is 0 Å². The van der Waals surface area contributed by atoms with E-state index in [-0.39, 0.29) is 0 Å². The maximum absolute atomic E-state index is 8.87. The lowest BCUT2D eigenvalue weighted by molar-refractivity contribution is -0.660. The maximum atomic E-state index is 8.87. The Morgan fingerprint density at radius 1 is 1.11 bits per heavy atom.